The molecular formula is C10H13F3N2. The number of rotatable bonds is 1. The molecule has 2 rings (SSSR count). The van der Waals surface area contributed by atoms with Crippen molar-refractivity contribution in [2.45, 2.75) is 38.9 Å². The van der Waals surface area contributed by atoms with Gasteiger partial charge in [-0.2, -0.15) is 18.3 Å². The van der Waals surface area contributed by atoms with E-state index in [0.717, 1.165) is 17.8 Å². The molecule has 5 heteroatoms. The van der Waals surface area contributed by atoms with Crippen LogP contribution in [0.2, 0.25) is 0 Å². The van der Waals surface area contributed by atoms with E-state index in [1.54, 1.807) is 10.9 Å². The summed E-state index contributed by atoms with van der Waals surface area (Å²) in [6.45, 7) is 2.68. The lowest BCUT2D eigenvalue weighted by Crippen LogP contribution is -2.29. The third-order valence-corrected chi connectivity index (χ3v) is 2.99. The number of alkyl halides is 3. The second-order valence-corrected chi connectivity index (χ2v) is 3.91. The van der Waals surface area contributed by atoms with Crippen molar-refractivity contribution in [3.63, 3.8) is 0 Å². The van der Waals surface area contributed by atoms with Gasteiger partial charge in [-0.15, -0.1) is 0 Å². The first kappa shape index (κ1) is 10.5. The fourth-order valence-corrected chi connectivity index (χ4v) is 2.14. The van der Waals surface area contributed by atoms with E-state index in [1.807, 2.05) is 6.92 Å². The first-order chi connectivity index (χ1) is 7.02. The van der Waals surface area contributed by atoms with Gasteiger partial charge in [0.15, 0.2) is 0 Å². The molecule has 0 aliphatic heterocycles. The van der Waals surface area contributed by atoms with Gasteiger partial charge in [0.2, 0.25) is 0 Å². The summed E-state index contributed by atoms with van der Waals surface area (Å²) in [5.74, 6) is -1.18. The Bertz CT molecular complexity index is 354. The molecular weight excluding hydrogens is 205 g/mol. The molecule has 1 aromatic heterocycles. The van der Waals surface area contributed by atoms with Crippen LogP contribution in [0.5, 0.6) is 0 Å². The molecule has 1 aliphatic rings. The van der Waals surface area contributed by atoms with Crippen LogP contribution in [0, 0.1) is 5.92 Å². The second-order valence-electron chi connectivity index (χ2n) is 3.91. The highest BCUT2D eigenvalue weighted by Crippen LogP contribution is 2.36. The molecule has 15 heavy (non-hydrogen) atoms. The van der Waals surface area contributed by atoms with Crippen LogP contribution in [0.3, 0.4) is 0 Å². The molecule has 1 aliphatic carbocycles. The summed E-state index contributed by atoms with van der Waals surface area (Å²) < 4.78 is 39.3. The van der Waals surface area contributed by atoms with E-state index >= 15 is 0 Å². The van der Waals surface area contributed by atoms with Gasteiger partial charge in [-0.05, 0) is 31.7 Å². The normalized spacial score (nSPS) is 21.5. The Hall–Kier alpha value is -1.00. The van der Waals surface area contributed by atoms with Crippen LogP contribution in [0.1, 0.15) is 24.6 Å². The summed E-state index contributed by atoms with van der Waals surface area (Å²) in [6, 6.07) is 0. The minimum Gasteiger partial charge on any atom is -0.270 e. The largest absolute Gasteiger partial charge is 0.392 e. The fraction of sp³-hybridized carbons (Fsp3) is 0.700. The Labute approximate surface area is 86.1 Å². The van der Waals surface area contributed by atoms with E-state index in [1.165, 1.54) is 0 Å². The number of fused-ring (bicyclic) bond motifs is 1. The van der Waals surface area contributed by atoms with Crippen molar-refractivity contribution in [3.8, 4) is 0 Å². The average molecular weight is 218 g/mol. The molecule has 0 aromatic carbocycles. The van der Waals surface area contributed by atoms with Crippen LogP contribution in [0.4, 0.5) is 13.2 Å². The molecule has 0 N–H and O–H groups in total. The fourth-order valence-electron chi connectivity index (χ4n) is 2.14. The molecule has 1 aromatic rings. The number of hydrogen-bond donors (Lipinski definition) is 0. The van der Waals surface area contributed by atoms with E-state index in [0.29, 0.717) is 6.42 Å². The molecule has 0 spiro atoms. The minimum atomic E-state index is -4.06. The zero-order valence-electron chi connectivity index (χ0n) is 8.51. The maximum absolute atomic E-state index is 12.5. The van der Waals surface area contributed by atoms with Gasteiger partial charge in [-0.25, -0.2) is 0 Å². The molecule has 2 nitrogen and oxygen atoms in total. The predicted molar refractivity (Wildman–Crippen MR) is 49.5 cm³/mol. The van der Waals surface area contributed by atoms with E-state index in [9.17, 15) is 13.2 Å². The second kappa shape index (κ2) is 3.54. The Morgan fingerprint density at radius 2 is 2.27 bits per heavy atom. The molecule has 0 bridgehead atoms. The van der Waals surface area contributed by atoms with Gasteiger partial charge >= 0.3 is 6.18 Å². The molecule has 1 atom stereocenters. The smallest absolute Gasteiger partial charge is 0.270 e. The van der Waals surface area contributed by atoms with Gasteiger partial charge in [0, 0.05) is 12.2 Å². The maximum Gasteiger partial charge on any atom is 0.392 e. The van der Waals surface area contributed by atoms with Crippen LogP contribution in [-0.4, -0.2) is 16.0 Å². The number of aryl methyl sites for hydroxylation is 1. The highest BCUT2D eigenvalue weighted by atomic mass is 19.4. The summed E-state index contributed by atoms with van der Waals surface area (Å²) >= 11 is 0. The van der Waals surface area contributed by atoms with Crippen molar-refractivity contribution in [1.82, 2.24) is 9.78 Å². The summed E-state index contributed by atoms with van der Waals surface area (Å²) in [4.78, 5) is 0. The van der Waals surface area contributed by atoms with E-state index < -0.39 is 12.1 Å². The third-order valence-electron chi connectivity index (χ3n) is 2.99. The predicted octanol–water partition coefficient (Wildman–Crippen LogP) is 2.57. The number of aromatic nitrogens is 2. The Kier molecular flexibility index (Phi) is 2.48. The van der Waals surface area contributed by atoms with Crippen molar-refractivity contribution in [1.29, 1.82) is 0 Å². The van der Waals surface area contributed by atoms with Crippen molar-refractivity contribution in [3.05, 3.63) is 17.5 Å². The maximum atomic E-state index is 12.5. The van der Waals surface area contributed by atoms with Gasteiger partial charge in [0.05, 0.1) is 12.1 Å². The molecule has 0 saturated carbocycles. The zero-order valence-corrected chi connectivity index (χ0v) is 8.51. The van der Waals surface area contributed by atoms with Crippen LogP contribution in [0.25, 0.3) is 0 Å². The monoisotopic (exact) mass is 218 g/mol. The molecule has 0 unspecified atom stereocenters. The van der Waals surface area contributed by atoms with Crippen LogP contribution < -0.4 is 0 Å². The van der Waals surface area contributed by atoms with Gasteiger partial charge in [-0.3, -0.25) is 4.68 Å². The summed E-state index contributed by atoms with van der Waals surface area (Å²) in [6.07, 6.45) is -1.70. The highest BCUT2D eigenvalue weighted by molar-refractivity contribution is 5.22. The minimum absolute atomic E-state index is 0.0961. The SMILES string of the molecule is CCn1ncc2c1CC[C@H](C(F)(F)F)C2. The Balaban J connectivity index is 2.21. The topological polar surface area (TPSA) is 17.8 Å². The molecule has 84 valence electrons. The standard InChI is InChI=1S/C10H13F3N2/c1-2-15-9-4-3-8(10(11,12)13)5-7(9)6-14-15/h6,8H,2-5H2,1H3/t8-/m0/s1. The van der Waals surface area contributed by atoms with E-state index in [4.69, 9.17) is 0 Å². The van der Waals surface area contributed by atoms with Crippen molar-refractivity contribution >= 4 is 0 Å². The van der Waals surface area contributed by atoms with Gasteiger partial charge in [0.25, 0.3) is 0 Å². The lowest BCUT2D eigenvalue weighted by molar-refractivity contribution is -0.177. The van der Waals surface area contributed by atoms with Gasteiger partial charge < -0.3 is 0 Å². The summed E-state index contributed by atoms with van der Waals surface area (Å²) in [5.41, 5.74) is 1.75. The lowest BCUT2D eigenvalue weighted by atomic mass is 9.87. The van der Waals surface area contributed by atoms with Crippen molar-refractivity contribution in [2.24, 2.45) is 5.92 Å². The first-order valence-corrected chi connectivity index (χ1v) is 5.12. The van der Waals surface area contributed by atoms with Gasteiger partial charge in [0.1, 0.15) is 0 Å². The summed E-state index contributed by atoms with van der Waals surface area (Å²) in [7, 11) is 0. The lowest BCUT2D eigenvalue weighted by Gasteiger charge is -2.24. The van der Waals surface area contributed by atoms with Crippen LogP contribution >= 0.6 is 0 Å². The Morgan fingerprint density at radius 1 is 1.53 bits per heavy atom. The molecule has 0 amide bonds. The molecule has 0 fully saturated rings. The van der Waals surface area contributed by atoms with Crippen LogP contribution in [0.15, 0.2) is 6.20 Å². The molecule has 0 radical (unpaired) electrons. The molecule has 0 saturated heterocycles. The van der Waals surface area contributed by atoms with E-state index in [2.05, 4.69) is 5.10 Å². The van der Waals surface area contributed by atoms with Gasteiger partial charge in [-0.1, -0.05) is 0 Å². The third kappa shape index (κ3) is 1.87. The van der Waals surface area contributed by atoms with E-state index in [-0.39, 0.29) is 12.8 Å². The zero-order chi connectivity index (χ0) is 11.1. The van der Waals surface area contributed by atoms with Crippen molar-refractivity contribution < 1.29 is 13.2 Å². The first-order valence-electron chi connectivity index (χ1n) is 5.12. The van der Waals surface area contributed by atoms with Crippen LogP contribution in [-0.2, 0) is 19.4 Å². The molecule has 1 heterocycles. The number of nitrogens with zero attached hydrogens (tertiary/aromatic N) is 2. The Morgan fingerprint density at radius 3 is 2.87 bits per heavy atom. The van der Waals surface area contributed by atoms with Crippen molar-refractivity contribution in [2.75, 3.05) is 0 Å². The number of hydrogen-bond acceptors (Lipinski definition) is 1. The number of halogens is 3. The summed E-state index contributed by atoms with van der Waals surface area (Å²) in [5, 5.41) is 4.08. The quantitative estimate of drug-likeness (QED) is 0.708. The highest BCUT2D eigenvalue weighted by Gasteiger charge is 2.41. The average Bonchev–Trinajstić information content (AvgIpc) is 2.58.